The number of hydrogen-bond acceptors (Lipinski definition) is 4. The van der Waals surface area contributed by atoms with Gasteiger partial charge in [-0.2, -0.15) is 9.98 Å². The molecule has 0 spiro atoms. The molecule has 0 saturated heterocycles. The Morgan fingerprint density at radius 3 is 2.24 bits per heavy atom. The maximum atomic E-state index is 10.4. The molecule has 1 rings (SSSR count). The zero-order valence-corrected chi connectivity index (χ0v) is 10.6. The number of aliphatic imine (C=N–C) groups is 2. The summed E-state index contributed by atoms with van der Waals surface area (Å²) in [4.78, 5) is 28.3. The van der Waals surface area contributed by atoms with Crippen molar-refractivity contribution < 1.29 is 9.59 Å². The molecule has 0 heterocycles. The maximum Gasteiger partial charge on any atom is 0.237 e. The van der Waals surface area contributed by atoms with E-state index in [1.54, 1.807) is 0 Å². The van der Waals surface area contributed by atoms with Crippen LogP contribution in [-0.2, 0) is 9.59 Å². The van der Waals surface area contributed by atoms with Crippen LogP contribution in [0, 0.1) is 11.3 Å². The summed E-state index contributed by atoms with van der Waals surface area (Å²) in [5, 5.41) is 0. The van der Waals surface area contributed by atoms with E-state index in [1.807, 2.05) is 0 Å². The highest BCUT2D eigenvalue weighted by molar-refractivity contribution is 5.37. The molecule has 4 heteroatoms. The van der Waals surface area contributed by atoms with Crippen LogP contribution in [0.25, 0.3) is 0 Å². The molecule has 1 aliphatic carbocycles. The summed E-state index contributed by atoms with van der Waals surface area (Å²) in [6, 6.07) is 0. The van der Waals surface area contributed by atoms with Crippen LogP contribution in [-0.4, -0.2) is 18.3 Å². The number of carbonyl (C=O) groups excluding carboxylic acids is 2. The van der Waals surface area contributed by atoms with Crippen LogP contribution >= 0.6 is 0 Å². The van der Waals surface area contributed by atoms with E-state index in [0.29, 0.717) is 0 Å². The average Bonchev–Trinajstić information content (AvgIpc) is 2.38. The average molecular weight is 236 g/mol. The fourth-order valence-corrected chi connectivity index (χ4v) is 3.24. The molecule has 1 unspecified atom stereocenters. The highest BCUT2D eigenvalue weighted by atomic mass is 16.1. The van der Waals surface area contributed by atoms with Gasteiger partial charge in [0.1, 0.15) is 0 Å². The molecule has 1 fully saturated rings. The Balaban J connectivity index is 3.03. The molecule has 0 bridgehead atoms. The molecule has 0 aromatic heterocycles. The molecule has 0 N–H and O–H groups in total. The topological polar surface area (TPSA) is 58.9 Å². The van der Waals surface area contributed by atoms with Gasteiger partial charge >= 0.3 is 0 Å². The van der Waals surface area contributed by atoms with Gasteiger partial charge in [-0.1, -0.05) is 39.5 Å². The molecule has 0 aromatic rings. The lowest BCUT2D eigenvalue weighted by Gasteiger charge is -2.44. The first-order chi connectivity index (χ1) is 8.24. The third kappa shape index (κ3) is 2.91. The summed E-state index contributed by atoms with van der Waals surface area (Å²) in [6.07, 6.45) is 9.00. The van der Waals surface area contributed by atoms with Crippen molar-refractivity contribution in [2.24, 2.45) is 21.3 Å². The molecular formula is C13H20N2O2. The smallest absolute Gasteiger partial charge is 0.211 e. The number of hydrogen-bond donors (Lipinski definition) is 0. The van der Waals surface area contributed by atoms with Crippen LogP contribution < -0.4 is 0 Å². The Morgan fingerprint density at radius 1 is 1.18 bits per heavy atom. The zero-order chi connectivity index (χ0) is 12.7. The summed E-state index contributed by atoms with van der Waals surface area (Å²) < 4.78 is 0. The number of nitrogens with zero attached hydrogens (tertiary/aromatic N) is 2. The van der Waals surface area contributed by atoms with E-state index in [2.05, 4.69) is 23.8 Å². The highest BCUT2D eigenvalue weighted by Gasteiger charge is 2.42. The lowest BCUT2D eigenvalue weighted by atomic mass is 9.62. The number of isocyanates is 2. The van der Waals surface area contributed by atoms with E-state index in [0.717, 1.165) is 32.1 Å². The van der Waals surface area contributed by atoms with Crippen molar-refractivity contribution in [1.82, 2.24) is 0 Å². The van der Waals surface area contributed by atoms with Crippen molar-refractivity contribution in [2.45, 2.75) is 58.5 Å². The largest absolute Gasteiger partial charge is 0.237 e. The highest BCUT2D eigenvalue weighted by Crippen LogP contribution is 2.48. The molecule has 0 aliphatic heterocycles. The fraction of sp³-hybridized carbons (Fsp3) is 0.846. The lowest BCUT2D eigenvalue weighted by molar-refractivity contribution is 0.0656. The quantitative estimate of drug-likeness (QED) is 0.544. The molecule has 4 nitrogen and oxygen atoms in total. The summed E-state index contributed by atoms with van der Waals surface area (Å²) in [5.74, 6) is 0.175. The Hall–Kier alpha value is -1.24. The Labute approximate surface area is 102 Å². The molecule has 17 heavy (non-hydrogen) atoms. The van der Waals surface area contributed by atoms with E-state index in [-0.39, 0.29) is 11.3 Å². The van der Waals surface area contributed by atoms with E-state index in [4.69, 9.17) is 0 Å². The molecule has 1 aliphatic rings. The second-order valence-corrected chi connectivity index (χ2v) is 4.78. The van der Waals surface area contributed by atoms with Crippen molar-refractivity contribution in [1.29, 1.82) is 0 Å². The predicted octanol–water partition coefficient (Wildman–Crippen LogP) is 2.98. The third-order valence-electron chi connectivity index (χ3n) is 4.36. The van der Waals surface area contributed by atoms with Crippen molar-refractivity contribution in [3.63, 3.8) is 0 Å². The van der Waals surface area contributed by atoms with Gasteiger partial charge in [-0.15, -0.1) is 0 Å². The first-order valence-electron chi connectivity index (χ1n) is 6.38. The van der Waals surface area contributed by atoms with Gasteiger partial charge in [-0.05, 0) is 18.3 Å². The Bertz CT molecular complexity index is 319. The van der Waals surface area contributed by atoms with Crippen molar-refractivity contribution in [3.05, 3.63) is 0 Å². The summed E-state index contributed by atoms with van der Waals surface area (Å²) >= 11 is 0. The first-order valence-corrected chi connectivity index (χ1v) is 6.38. The van der Waals surface area contributed by atoms with Crippen molar-refractivity contribution >= 4 is 12.2 Å². The van der Waals surface area contributed by atoms with Crippen LogP contribution in [0.4, 0.5) is 0 Å². The summed E-state index contributed by atoms with van der Waals surface area (Å²) in [7, 11) is 0. The minimum absolute atomic E-state index is 0.156. The maximum absolute atomic E-state index is 10.4. The lowest BCUT2D eigenvalue weighted by Crippen LogP contribution is -2.38. The van der Waals surface area contributed by atoms with E-state index in [9.17, 15) is 9.59 Å². The molecule has 1 atom stereocenters. The van der Waals surface area contributed by atoms with Gasteiger partial charge in [0.05, 0.1) is 0 Å². The predicted molar refractivity (Wildman–Crippen MR) is 65.0 cm³/mol. The molecule has 0 aromatic carbocycles. The molecule has 1 saturated carbocycles. The Morgan fingerprint density at radius 2 is 1.76 bits per heavy atom. The second-order valence-electron chi connectivity index (χ2n) is 4.78. The van der Waals surface area contributed by atoms with Gasteiger partial charge in [-0.3, -0.25) is 0 Å². The van der Waals surface area contributed by atoms with Crippen LogP contribution in [0.15, 0.2) is 9.98 Å². The minimum Gasteiger partial charge on any atom is -0.211 e. The first kappa shape index (κ1) is 13.8. The third-order valence-corrected chi connectivity index (χ3v) is 4.36. The van der Waals surface area contributed by atoms with Crippen LogP contribution in [0.5, 0.6) is 0 Å². The normalized spacial score (nSPS) is 24.2. The fourth-order valence-electron chi connectivity index (χ4n) is 3.24. The standard InChI is InChI=1S/C13H20N2O2/c1-3-13(4-2)8-6-5-7-11(13)12(14-9-16)15-10-17/h11-12H,3-8H2,1-2H3. The summed E-state index contributed by atoms with van der Waals surface area (Å²) in [6.45, 7) is 4.32. The SMILES string of the molecule is CCC1(CC)CCCCC1C(N=C=O)N=C=O. The monoisotopic (exact) mass is 236 g/mol. The van der Waals surface area contributed by atoms with Crippen LogP contribution in [0.3, 0.4) is 0 Å². The zero-order valence-electron chi connectivity index (χ0n) is 10.6. The second kappa shape index (κ2) is 6.48. The van der Waals surface area contributed by atoms with E-state index < -0.39 is 6.17 Å². The van der Waals surface area contributed by atoms with Gasteiger partial charge in [-0.25, -0.2) is 9.59 Å². The van der Waals surface area contributed by atoms with Gasteiger partial charge in [0.2, 0.25) is 12.2 Å². The van der Waals surface area contributed by atoms with E-state index >= 15 is 0 Å². The molecule has 0 radical (unpaired) electrons. The van der Waals surface area contributed by atoms with E-state index in [1.165, 1.54) is 18.6 Å². The minimum atomic E-state index is -0.579. The Kier molecular flexibility index (Phi) is 5.27. The summed E-state index contributed by atoms with van der Waals surface area (Å²) in [5.41, 5.74) is 0.156. The molecular weight excluding hydrogens is 216 g/mol. The van der Waals surface area contributed by atoms with Gasteiger partial charge < -0.3 is 0 Å². The molecule has 0 amide bonds. The number of rotatable bonds is 5. The van der Waals surface area contributed by atoms with Gasteiger partial charge in [0.15, 0.2) is 6.17 Å². The molecule has 94 valence electrons. The van der Waals surface area contributed by atoms with Gasteiger partial charge in [0, 0.05) is 5.92 Å². The van der Waals surface area contributed by atoms with Crippen molar-refractivity contribution in [2.75, 3.05) is 0 Å². The van der Waals surface area contributed by atoms with Gasteiger partial charge in [0.25, 0.3) is 0 Å². The van der Waals surface area contributed by atoms with Crippen LogP contribution in [0.1, 0.15) is 52.4 Å². The van der Waals surface area contributed by atoms with Crippen molar-refractivity contribution in [3.8, 4) is 0 Å². The van der Waals surface area contributed by atoms with Crippen LogP contribution in [0.2, 0.25) is 0 Å².